The first kappa shape index (κ1) is 24.8. The molecule has 1 heterocycles. The number of nitrogens with one attached hydrogen (secondary N) is 1. The van der Waals surface area contributed by atoms with Crippen molar-refractivity contribution < 1.29 is 31.9 Å². The van der Waals surface area contributed by atoms with Crippen LogP contribution in [0.15, 0.2) is 53.4 Å². The van der Waals surface area contributed by atoms with Crippen molar-refractivity contribution in [1.82, 2.24) is 9.62 Å². The molecule has 0 aromatic heterocycles. The maximum atomic E-state index is 13.3. The first-order valence-corrected chi connectivity index (χ1v) is 12.1. The van der Waals surface area contributed by atoms with Gasteiger partial charge in [-0.3, -0.25) is 4.79 Å². The Labute approximate surface area is 192 Å². The zero-order chi connectivity index (χ0) is 24.0. The number of rotatable bonds is 9. The Kier molecular flexibility index (Phi) is 8.17. The summed E-state index contributed by atoms with van der Waals surface area (Å²) in [6, 6.07) is 11.1. The van der Waals surface area contributed by atoms with E-state index in [1.54, 1.807) is 12.1 Å². The summed E-state index contributed by atoms with van der Waals surface area (Å²) in [6.45, 7) is 2.42. The Bertz CT molecular complexity index is 1080. The zero-order valence-electron chi connectivity index (χ0n) is 18.5. The predicted molar refractivity (Wildman–Crippen MR) is 118 cm³/mol. The molecule has 1 aliphatic heterocycles. The van der Waals surface area contributed by atoms with Crippen molar-refractivity contribution in [2.24, 2.45) is 0 Å². The molecule has 33 heavy (non-hydrogen) atoms. The third-order valence-corrected chi connectivity index (χ3v) is 6.68. The van der Waals surface area contributed by atoms with Crippen LogP contribution in [0.3, 0.4) is 0 Å². The van der Waals surface area contributed by atoms with Crippen LogP contribution >= 0.6 is 0 Å². The van der Waals surface area contributed by atoms with Crippen molar-refractivity contribution in [3.8, 4) is 0 Å². The standard InChI is InChI=1S/C23H27FN2O6S/c1-16(22(27)26(2)15-17-5-3-6-19(24)13-17)32-23(28)18-8-10-21(11-9-18)33(29,30)25-14-20-7-4-12-31-20/h3,5-6,8-11,13,16,20,25H,4,7,12,14-15H2,1-2H3. The number of nitrogens with zero attached hydrogens (tertiary/aromatic N) is 1. The fraction of sp³-hybridized carbons (Fsp3) is 0.391. The van der Waals surface area contributed by atoms with Crippen LogP contribution in [0.4, 0.5) is 4.39 Å². The highest BCUT2D eigenvalue weighted by Crippen LogP contribution is 2.15. The van der Waals surface area contributed by atoms with Gasteiger partial charge in [-0.2, -0.15) is 0 Å². The number of carbonyl (C=O) groups is 2. The molecule has 10 heteroatoms. The lowest BCUT2D eigenvalue weighted by molar-refractivity contribution is -0.139. The summed E-state index contributed by atoms with van der Waals surface area (Å²) in [4.78, 5) is 26.3. The van der Waals surface area contributed by atoms with Gasteiger partial charge < -0.3 is 14.4 Å². The van der Waals surface area contributed by atoms with Crippen molar-refractivity contribution in [2.75, 3.05) is 20.2 Å². The highest BCUT2D eigenvalue weighted by Gasteiger charge is 2.24. The number of halogens is 1. The van der Waals surface area contributed by atoms with Gasteiger partial charge in [0, 0.05) is 26.7 Å². The number of ether oxygens (including phenoxy) is 2. The number of hydrogen-bond donors (Lipinski definition) is 1. The molecule has 1 amide bonds. The van der Waals surface area contributed by atoms with E-state index < -0.39 is 33.8 Å². The van der Waals surface area contributed by atoms with Crippen LogP contribution in [0, 0.1) is 5.82 Å². The van der Waals surface area contributed by atoms with Crippen molar-refractivity contribution in [3.63, 3.8) is 0 Å². The van der Waals surface area contributed by atoms with Crippen LogP contribution in [-0.2, 0) is 30.8 Å². The topological polar surface area (TPSA) is 102 Å². The van der Waals surface area contributed by atoms with Crippen LogP contribution in [-0.4, -0.2) is 57.6 Å². The fourth-order valence-corrected chi connectivity index (χ4v) is 4.50. The Morgan fingerprint density at radius 1 is 1.24 bits per heavy atom. The maximum absolute atomic E-state index is 13.3. The first-order valence-electron chi connectivity index (χ1n) is 10.6. The summed E-state index contributed by atoms with van der Waals surface area (Å²) in [5, 5.41) is 0. The summed E-state index contributed by atoms with van der Waals surface area (Å²) in [5.74, 6) is -1.61. The Morgan fingerprint density at radius 3 is 2.61 bits per heavy atom. The smallest absolute Gasteiger partial charge is 0.338 e. The normalized spacial score (nSPS) is 16.9. The molecule has 1 fully saturated rings. The average molecular weight is 479 g/mol. The minimum atomic E-state index is -3.74. The van der Waals surface area contributed by atoms with Gasteiger partial charge in [-0.1, -0.05) is 12.1 Å². The Balaban J connectivity index is 1.55. The van der Waals surface area contributed by atoms with E-state index in [9.17, 15) is 22.4 Å². The molecule has 1 N–H and O–H groups in total. The molecule has 2 atom stereocenters. The van der Waals surface area contributed by atoms with Crippen LogP contribution in [0.2, 0.25) is 0 Å². The van der Waals surface area contributed by atoms with Gasteiger partial charge in [0.1, 0.15) is 5.82 Å². The van der Waals surface area contributed by atoms with Gasteiger partial charge >= 0.3 is 5.97 Å². The molecule has 8 nitrogen and oxygen atoms in total. The summed E-state index contributed by atoms with van der Waals surface area (Å²) < 4.78 is 51.3. The molecule has 2 unspecified atom stereocenters. The predicted octanol–water partition coefficient (Wildman–Crippen LogP) is 2.49. The second-order valence-electron chi connectivity index (χ2n) is 7.88. The molecule has 0 radical (unpaired) electrons. The monoisotopic (exact) mass is 478 g/mol. The second-order valence-corrected chi connectivity index (χ2v) is 9.65. The van der Waals surface area contributed by atoms with Crippen LogP contribution in [0.25, 0.3) is 0 Å². The molecule has 178 valence electrons. The lowest BCUT2D eigenvalue weighted by atomic mass is 10.2. The van der Waals surface area contributed by atoms with E-state index in [0.717, 1.165) is 12.8 Å². The minimum absolute atomic E-state index is 0.0102. The van der Waals surface area contributed by atoms with Crippen LogP contribution in [0.5, 0.6) is 0 Å². The highest BCUT2D eigenvalue weighted by atomic mass is 32.2. The van der Waals surface area contributed by atoms with Gasteiger partial charge in [0.2, 0.25) is 10.0 Å². The zero-order valence-corrected chi connectivity index (χ0v) is 19.3. The van der Waals surface area contributed by atoms with E-state index in [1.807, 2.05) is 0 Å². The van der Waals surface area contributed by atoms with Crippen molar-refractivity contribution in [2.45, 2.75) is 43.4 Å². The number of likely N-dealkylation sites (N-methyl/N-ethyl adjacent to an activating group) is 1. The molecule has 2 aromatic carbocycles. The highest BCUT2D eigenvalue weighted by molar-refractivity contribution is 7.89. The third-order valence-electron chi connectivity index (χ3n) is 5.24. The van der Waals surface area contributed by atoms with Gasteiger partial charge in [0.25, 0.3) is 5.91 Å². The lowest BCUT2D eigenvalue weighted by Crippen LogP contribution is -2.37. The largest absolute Gasteiger partial charge is 0.449 e. The molecular weight excluding hydrogens is 451 g/mol. The summed E-state index contributed by atoms with van der Waals surface area (Å²) in [6.07, 6.45) is 0.506. The molecular formula is C23H27FN2O6S. The van der Waals surface area contributed by atoms with E-state index in [2.05, 4.69) is 4.72 Å². The third kappa shape index (κ3) is 6.83. The molecule has 1 aliphatic rings. The van der Waals surface area contributed by atoms with E-state index in [1.165, 1.54) is 55.3 Å². The SMILES string of the molecule is CC(OC(=O)c1ccc(S(=O)(=O)NCC2CCCO2)cc1)C(=O)N(C)Cc1cccc(F)c1. The van der Waals surface area contributed by atoms with Crippen molar-refractivity contribution >= 4 is 21.9 Å². The van der Waals surface area contributed by atoms with Crippen molar-refractivity contribution in [3.05, 3.63) is 65.5 Å². The molecule has 0 spiro atoms. The van der Waals surface area contributed by atoms with Gasteiger partial charge in [-0.05, 0) is 61.7 Å². The number of sulfonamides is 1. The maximum Gasteiger partial charge on any atom is 0.338 e. The quantitative estimate of drug-likeness (QED) is 0.556. The minimum Gasteiger partial charge on any atom is -0.449 e. The van der Waals surface area contributed by atoms with E-state index in [4.69, 9.17) is 9.47 Å². The second kappa shape index (κ2) is 10.9. The number of carbonyl (C=O) groups excluding carboxylic acids is 2. The van der Waals surface area contributed by atoms with Gasteiger partial charge in [0.05, 0.1) is 16.6 Å². The molecule has 2 aromatic rings. The van der Waals surface area contributed by atoms with Crippen LogP contribution in [0.1, 0.15) is 35.7 Å². The Hall–Kier alpha value is -2.82. The van der Waals surface area contributed by atoms with Gasteiger partial charge in [-0.25, -0.2) is 22.3 Å². The number of amides is 1. The fourth-order valence-electron chi connectivity index (χ4n) is 3.44. The Morgan fingerprint density at radius 2 is 1.97 bits per heavy atom. The average Bonchev–Trinajstić information content (AvgIpc) is 3.31. The molecule has 0 bridgehead atoms. The molecule has 0 saturated carbocycles. The van der Waals surface area contributed by atoms with Crippen LogP contribution < -0.4 is 4.72 Å². The molecule has 0 aliphatic carbocycles. The number of esters is 1. The van der Waals surface area contributed by atoms with E-state index >= 15 is 0 Å². The number of hydrogen-bond acceptors (Lipinski definition) is 6. The van der Waals surface area contributed by atoms with Gasteiger partial charge in [0.15, 0.2) is 6.10 Å². The summed E-state index contributed by atoms with van der Waals surface area (Å²) in [5.41, 5.74) is 0.717. The number of benzene rings is 2. The summed E-state index contributed by atoms with van der Waals surface area (Å²) in [7, 11) is -2.21. The molecule has 1 saturated heterocycles. The molecule has 3 rings (SSSR count). The summed E-state index contributed by atoms with van der Waals surface area (Å²) >= 11 is 0. The van der Waals surface area contributed by atoms with Gasteiger partial charge in [-0.15, -0.1) is 0 Å². The first-order chi connectivity index (χ1) is 15.7. The van der Waals surface area contributed by atoms with E-state index in [0.29, 0.717) is 12.2 Å². The van der Waals surface area contributed by atoms with E-state index in [-0.39, 0.29) is 29.7 Å². The lowest BCUT2D eigenvalue weighted by Gasteiger charge is -2.21. The van der Waals surface area contributed by atoms with Crippen molar-refractivity contribution in [1.29, 1.82) is 0 Å².